The molecule has 1 amide bonds. The van der Waals surface area contributed by atoms with Crippen molar-refractivity contribution in [2.45, 2.75) is 32.2 Å². The number of amides is 1. The molecule has 0 aromatic rings. The highest BCUT2D eigenvalue weighted by molar-refractivity contribution is 5.78. The Balaban J connectivity index is 2.00. The zero-order chi connectivity index (χ0) is 8.10. The van der Waals surface area contributed by atoms with Crippen LogP contribution in [-0.4, -0.2) is 25.0 Å². The monoisotopic (exact) mass is 156 g/mol. The van der Waals surface area contributed by atoms with Gasteiger partial charge in [-0.1, -0.05) is 6.92 Å². The molecule has 1 aliphatic rings. The van der Waals surface area contributed by atoms with Crippen LogP contribution < -0.4 is 10.6 Å². The van der Waals surface area contributed by atoms with Crippen LogP contribution in [0.3, 0.4) is 0 Å². The van der Waals surface area contributed by atoms with Crippen LogP contribution in [0.4, 0.5) is 0 Å². The minimum absolute atomic E-state index is 0.136. The van der Waals surface area contributed by atoms with Crippen LogP contribution in [0.15, 0.2) is 0 Å². The summed E-state index contributed by atoms with van der Waals surface area (Å²) < 4.78 is 0. The van der Waals surface area contributed by atoms with Gasteiger partial charge in [0.1, 0.15) is 0 Å². The van der Waals surface area contributed by atoms with Crippen molar-refractivity contribution in [3.8, 4) is 0 Å². The first kappa shape index (κ1) is 8.53. The van der Waals surface area contributed by atoms with E-state index in [1.54, 1.807) is 0 Å². The predicted molar refractivity (Wildman–Crippen MR) is 44.3 cm³/mol. The lowest BCUT2D eigenvalue weighted by Gasteiger charge is -2.26. The number of carbonyl (C=O) groups excluding carboxylic acids is 1. The first-order valence-electron chi connectivity index (χ1n) is 4.33. The van der Waals surface area contributed by atoms with E-state index in [0.29, 0.717) is 12.6 Å². The van der Waals surface area contributed by atoms with Gasteiger partial charge in [0.05, 0.1) is 6.54 Å². The van der Waals surface area contributed by atoms with Crippen molar-refractivity contribution in [2.24, 2.45) is 0 Å². The van der Waals surface area contributed by atoms with Gasteiger partial charge in [0.2, 0.25) is 5.91 Å². The predicted octanol–water partition coefficient (Wildman–Crippen LogP) is 0.265. The quantitative estimate of drug-likeness (QED) is 0.613. The van der Waals surface area contributed by atoms with Crippen LogP contribution >= 0.6 is 0 Å². The first-order chi connectivity index (χ1) is 5.33. The van der Waals surface area contributed by atoms with Crippen LogP contribution in [0.1, 0.15) is 26.2 Å². The van der Waals surface area contributed by atoms with E-state index >= 15 is 0 Å². The molecule has 3 nitrogen and oxygen atoms in total. The SMILES string of the molecule is CCNCC(=O)NC1CCC1. The number of likely N-dealkylation sites (N-methyl/N-ethyl adjacent to an activating group) is 1. The second-order valence-corrected chi connectivity index (χ2v) is 2.98. The molecule has 1 fully saturated rings. The third-order valence-corrected chi connectivity index (χ3v) is 2.01. The van der Waals surface area contributed by atoms with E-state index in [1.807, 2.05) is 6.92 Å². The number of carbonyl (C=O) groups is 1. The van der Waals surface area contributed by atoms with Crippen molar-refractivity contribution < 1.29 is 4.79 Å². The van der Waals surface area contributed by atoms with E-state index in [1.165, 1.54) is 6.42 Å². The van der Waals surface area contributed by atoms with Crippen LogP contribution in [-0.2, 0) is 4.79 Å². The van der Waals surface area contributed by atoms with Crippen LogP contribution in [0, 0.1) is 0 Å². The normalized spacial score (nSPS) is 17.5. The summed E-state index contributed by atoms with van der Waals surface area (Å²) in [6, 6.07) is 0.473. The molecule has 0 bridgehead atoms. The van der Waals surface area contributed by atoms with E-state index in [-0.39, 0.29) is 5.91 Å². The lowest BCUT2D eigenvalue weighted by Crippen LogP contribution is -2.43. The molecule has 1 saturated carbocycles. The molecule has 64 valence electrons. The Labute approximate surface area is 67.5 Å². The Kier molecular flexibility index (Phi) is 3.36. The van der Waals surface area contributed by atoms with Crippen LogP contribution in [0.25, 0.3) is 0 Å². The maximum atomic E-state index is 11.0. The molecule has 0 radical (unpaired) electrons. The van der Waals surface area contributed by atoms with Gasteiger partial charge >= 0.3 is 0 Å². The Morgan fingerprint density at radius 1 is 1.55 bits per heavy atom. The molecule has 11 heavy (non-hydrogen) atoms. The van der Waals surface area contributed by atoms with Gasteiger partial charge in [0.25, 0.3) is 0 Å². The van der Waals surface area contributed by atoms with Gasteiger partial charge in [0.15, 0.2) is 0 Å². The van der Waals surface area contributed by atoms with Gasteiger partial charge in [0, 0.05) is 6.04 Å². The average molecular weight is 156 g/mol. The number of hydrogen-bond acceptors (Lipinski definition) is 2. The van der Waals surface area contributed by atoms with Crippen molar-refractivity contribution in [3.05, 3.63) is 0 Å². The maximum Gasteiger partial charge on any atom is 0.234 e. The zero-order valence-corrected chi connectivity index (χ0v) is 7.02. The summed E-state index contributed by atoms with van der Waals surface area (Å²) in [4.78, 5) is 11.0. The minimum Gasteiger partial charge on any atom is -0.352 e. The molecule has 0 aromatic heterocycles. The summed E-state index contributed by atoms with van der Waals surface area (Å²) in [5, 5.41) is 5.94. The molecule has 1 aliphatic carbocycles. The molecule has 0 spiro atoms. The van der Waals surface area contributed by atoms with Crippen molar-refractivity contribution in [3.63, 3.8) is 0 Å². The van der Waals surface area contributed by atoms with Gasteiger partial charge in [-0.05, 0) is 25.8 Å². The summed E-state index contributed by atoms with van der Waals surface area (Å²) >= 11 is 0. The molecule has 0 aliphatic heterocycles. The van der Waals surface area contributed by atoms with Gasteiger partial charge < -0.3 is 10.6 Å². The highest BCUT2D eigenvalue weighted by Gasteiger charge is 2.18. The lowest BCUT2D eigenvalue weighted by atomic mass is 9.93. The topological polar surface area (TPSA) is 41.1 Å². The zero-order valence-electron chi connectivity index (χ0n) is 7.02. The number of rotatable bonds is 4. The Hall–Kier alpha value is -0.570. The van der Waals surface area contributed by atoms with Crippen molar-refractivity contribution in [1.29, 1.82) is 0 Å². The summed E-state index contributed by atoms with van der Waals surface area (Å²) in [6.45, 7) is 3.32. The highest BCUT2D eigenvalue weighted by atomic mass is 16.1. The van der Waals surface area contributed by atoms with E-state index in [0.717, 1.165) is 19.4 Å². The van der Waals surface area contributed by atoms with Crippen molar-refractivity contribution in [1.82, 2.24) is 10.6 Å². The Morgan fingerprint density at radius 3 is 2.73 bits per heavy atom. The Morgan fingerprint density at radius 2 is 2.27 bits per heavy atom. The molecule has 1 rings (SSSR count). The molecule has 3 heteroatoms. The first-order valence-corrected chi connectivity index (χ1v) is 4.33. The van der Waals surface area contributed by atoms with Gasteiger partial charge in [-0.2, -0.15) is 0 Å². The van der Waals surface area contributed by atoms with Crippen molar-refractivity contribution >= 4 is 5.91 Å². The van der Waals surface area contributed by atoms with Crippen LogP contribution in [0.2, 0.25) is 0 Å². The molecular formula is C8H16N2O. The van der Waals surface area contributed by atoms with Crippen molar-refractivity contribution in [2.75, 3.05) is 13.1 Å². The van der Waals surface area contributed by atoms with E-state index in [9.17, 15) is 4.79 Å². The van der Waals surface area contributed by atoms with Crippen LogP contribution in [0.5, 0.6) is 0 Å². The summed E-state index contributed by atoms with van der Waals surface area (Å²) in [5.74, 6) is 0.136. The maximum absolute atomic E-state index is 11.0. The van der Waals surface area contributed by atoms with E-state index in [2.05, 4.69) is 10.6 Å². The van der Waals surface area contributed by atoms with Gasteiger partial charge in [-0.3, -0.25) is 4.79 Å². The summed E-state index contributed by atoms with van der Waals surface area (Å²) in [5.41, 5.74) is 0. The highest BCUT2D eigenvalue weighted by Crippen LogP contribution is 2.17. The molecule has 0 saturated heterocycles. The van der Waals surface area contributed by atoms with Gasteiger partial charge in [-0.25, -0.2) is 0 Å². The standard InChI is InChI=1S/C8H16N2O/c1-2-9-6-8(11)10-7-4-3-5-7/h7,9H,2-6H2,1H3,(H,10,11). The Bertz CT molecular complexity index is 132. The lowest BCUT2D eigenvalue weighted by molar-refractivity contribution is -0.121. The fourth-order valence-corrected chi connectivity index (χ4v) is 1.07. The fraction of sp³-hybridized carbons (Fsp3) is 0.875. The minimum atomic E-state index is 0.136. The molecule has 2 N–H and O–H groups in total. The molecule has 0 heterocycles. The molecule has 0 aromatic carbocycles. The molecule has 0 atom stereocenters. The number of hydrogen-bond donors (Lipinski definition) is 2. The molecule has 0 unspecified atom stereocenters. The van der Waals surface area contributed by atoms with E-state index < -0.39 is 0 Å². The summed E-state index contributed by atoms with van der Waals surface area (Å²) in [7, 11) is 0. The average Bonchev–Trinajstić information content (AvgIpc) is 1.93. The smallest absolute Gasteiger partial charge is 0.234 e. The third kappa shape index (κ3) is 2.89. The fourth-order valence-electron chi connectivity index (χ4n) is 1.07. The number of nitrogens with one attached hydrogen (secondary N) is 2. The second kappa shape index (κ2) is 4.34. The third-order valence-electron chi connectivity index (χ3n) is 2.01. The molecular weight excluding hydrogens is 140 g/mol. The van der Waals surface area contributed by atoms with Gasteiger partial charge in [-0.15, -0.1) is 0 Å². The largest absolute Gasteiger partial charge is 0.352 e. The summed E-state index contributed by atoms with van der Waals surface area (Å²) in [6.07, 6.45) is 3.60. The second-order valence-electron chi connectivity index (χ2n) is 2.98. The van der Waals surface area contributed by atoms with E-state index in [4.69, 9.17) is 0 Å².